The Kier molecular flexibility index (Phi) is 4.22. The predicted molar refractivity (Wildman–Crippen MR) is 85.6 cm³/mol. The highest BCUT2D eigenvalue weighted by atomic mass is 35.5. The van der Waals surface area contributed by atoms with E-state index in [4.69, 9.17) is 11.6 Å². The minimum Gasteiger partial charge on any atom is -0.302 e. The van der Waals surface area contributed by atoms with Gasteiger partial charge in [-0.3, -0.25) is 4.90 Å². The average Bonchev–Trinajstić information content (AvgIpc) is 2.49. The molecule has 2 aromatic rings. The van der Waals surface area contributed by atoms with Gasteiger partial charge in [0.15, 0.2) is 0 Å². The van der Waals surface area contributed by atoms with E-state index in [2.05, 4.69) is 28.1 Å². The van der Waals surface area contributed by atoms with Crippen LogP contribution in [0.3, 0.4) is 0 Å². The molecule has 0 N–H and O–H groups in total. The van der Waals surface area contributed by atoms with Crippen molar-refractivity contribution in [2.45, 2.75) is 38.8 Å². The van der Waals surface area contributed by atoms with Crippen molar-refractivity contribution in [2.24, 2.45) is 0 Å². The summed E-state index contributed by atoms with van der Waals surface area (Å²) in [5, 5.41) is 1.64. The number of benzene rings is 1. The second-order valence-corrected chi connectivity index (χ2v) is 6.16. The molecule has 2 heterocycles. The molecular weight excluding hydrogens is 284 g/mol. The van der Waals surface area contributed by atoms with Gasteiger partial charge in [-0.15, -0.1) is 0 Å². The third-order valence-electron chi connectivity index (χ3n) is 4.19. The molecule has 3 nitrogen and oxygen atoms in total. The van der Waals surface area contributed by atoms with Crippen LogP contribution in [0.25, 0.3) is 10.9 Å². The molecule has 1 aromatic carbocycles. The standard InChI is InChI=1S/C17H19ClN2O/c1-12-5-6-13-9-14(17(18)19-16(13)8-12)10-20-7-3-2-4-15(20)11-21/h5-6,8-9,11,15H,2-4,7,10H2,1H3. The lowest BCUT2D eigenvalue weighted by Crippen LogP contribution is -2.39. The maximum Gasteiger partial charge on any atom is 0.137 e. The van der Waals surface area contributed by atoms with Gasteiger partial charge in [-0.25, -0.2) is 4.98 Å². The lowest BCUT2D eigenvalue weighted by atomic mass is 10.0. The fourth-order valence-electron chi connectivity index (χ4n) is 2.99. The number of likely N-dealkylation sites (tertiary alicyclic amines) is 1. The van der Waals surface area contributed by atoms with Crippen LogP contribution in [0, 0.1) is 6.92 Å². The van der Waals surface area contributed by atoms with Gasteiger partial charge in [0.2, 0.25) is 0 Å². The van der Waals surface area contributed by atoms with E-state index in [1.165, 1.54) is 5.56 Å². The van der Waals surface area contributed by atoms with E-state index in [0.717, 1.165) is 48.6 Å². The molecule has 1 unspecified atom stereocenters. The van der Waals surface area contributed by atoms with E-state index < -0.39 is 0 Å². The molecule has 0 radical (unpaired) electrons. The Morgan fingerprint density at radius 2 is 2.24 bits per heavy atom. The Balaban J connectivity index is 1.91. The number of hydrogen-bond donors (Lipinski definition) is 0. The minimum atomic E-state index is 0.0172. The number of hydrogen-bond acceptors (Lipinski definition) is 3. The fraction of sp³-hybridized carbons (Fsp3) is 0.412. The van der Waals surface area contributed by atoms with Crippen molar-refractivity contribution in [1.82, 2.24) is 9.88 Å². The molecule has 0 saturated carbocycles. The van der Waals surface area contributed by atoms with Crippen LogP contribution in [0.15, 0.2) is 24.3 Å². The van der Waals surface area contributed by atoms with Gasteiger partial charge < -0.3 is 4.79 Å². The number of carbonyl (C=O) groups is 1. The first-order valence-corrected chi connectivity index (χ1v) is 7.80. The summed E-state index contributed by atoms with van der Waals surface area (Å²) in [6, 6.07) is 8.31. The first kappa shape index (κ1) is 14.5. The molecule has 0 spiro atoms. The second kappa shape index (κ2) is 6.12. The Labute approximate surface area is 129 Å². The number of halogens is 1. The van der Waals surface area contributed by atoms with Gasteiger partial charge in [-0.2, -0.15) is 0 Å². The van der Waals surface area contributed by atoms with Gasteiger partial charge in [0.05, 0.1) is 11.6 Å². The molecule has 0 amide bonds. The molecule has 0 aliphatic carbocycles. The number of nitrogens with zero attached hydrogens (tertiary/aromatic N) is 2. The zero-order chi connectivity index (χ0) is 14.8. The van der Waals surface area contributed by atoms with Crippen LogP contribution >= 0.6 is 11.6 Å². The number of fused-ring (bicyclic) bond motifs is 1. The summed E-state index contributed by atoms with van der Waals surface area (Å²) in [6.45, 7) is 3.69. The number of pyridine rings is 1. The number of piperidine rings is 1. The summed E-state index contributed by atoms with van der Waals surface area (Å²) in [6.07, 6.45) is 4.28. The summed E-state index contributed by atoms with van der Waals surface area (Å²) in [7, 11) is 0. The summed E-state index contributed by atoms with van der Waals surface area (Å²) < 4.78 is 0. The topological polar surface area (TPSA) is 33.2 Å². The van der Waals surface area contributed by atoms with Crippen LogP contribution in [0.5, 0.6) is 0 Å². The summed E-state index contributed by atoms with van der Waals surface area (Å²) >= 11 is 6.34. The van der Waals surface area contributed by atoms with E-state index in [1.807, 2.05) is 13.0 Å². The van der Waals surface area contributed by atoms with Gasteiger partial charge in [-0.1, -0.05) is 30.2 Å². The molecule has 1 aromatic heterocycles. The van der Waals surface area contributed by atoms with E-state index in [1.54, 1.807) is 0 Å². The van der Waals surface area contributed by atoms with Crippen molar-refractivity contribution in [3.63, 3.8) is 0 Å². The van der Waals surface area contributed by atoms with Gasteiger partial charge in [0.25, 0.3) is 0 Å². The number of aromatic nitrogens is 1. The Morgan fingerprint density at radius 3 is 3.05 bits per heavy atom. The molecule has 4 heteroatoms. The lowest BCUT2D eigenvalue weighted by molar-refractivity contribution is -0.113. The van der Waals surface area contributed by atoms with E-state index >= 15 is 0 Å². The molecule has 1 saturated heterocycles. The third-order valence-corrected chi connectivity index (χ3v) is 4.52. The molecule has 1 aliphatic heterocycles. The van der Waals surface area contributed by atoms with E-state index in [-0.39, 0.29) is 6.04 Å². The van der Waals surface area contributed by atoms with Gasteiger partial charge in [0, 0.05) is 17.5 Å². The summed E-state index contributed by atoms with van der Waals surface area (Å²) in [5.74, 6) is 0. The van der Waals surface area contributed by atoms with Crippen LogP contribution in [0.1, 0.15) is 30.4 Å². The number of rotatable bonds is 3. The smallest absolute Gasteiger partial charge is 0.137 e. The Morgan fingerprint density at radius 1 is 1.38 bits per heavy atom. The third kappa shape index (κ3) is 3.09. The molecular formula is C17H19ClN2O. The first-order valence-electron chi connectivity index (χ1n) is 7.42. The van der Waals surface area contributed by atoms with Crippen molar-refractivity contribution in [3.05, 3.63) is 40.5 Å². The highest BCUT2D eigenvalue weighted by Crippen LogP contribution is 2.25. The fourth-order valence-corrected chi connectivity index (χ4v) is 3.20. The van der Waals surface area contributed by atoms with E-state index in [9.17, 15) is 4.79 Å². The van der Waals surface area contributed by atoms with Gasteiger partial charge in [0.1, 0.15) is 11.4 Å². The van der Waals surface area contributed by atoms with E-state index in [0.29, 0.717) is 11.7 Å². The minimum absolute atomic E-state index is 0.0172. The predicted octanol–water partition coefficient (Wildman–Crippen LogP) is 3.75. The SMILES string of the molecule is Cc1ccc2cc(CN3CCCCC3C=O)c(Cl)nc2c1. The van der Waals surface area contributed by atoms with Crippen molar-refractivity contribution in [2.75, 3.05) is 6.54 Å². The molecule has 0 bridgehead atoms. The average molecular weight is 303 g/mol. The van der Waals surface area contributed by atoms with Crippen LogP contribution in [0.2, 0.25) is 5.15 Å². The van der Waals surface area contributed by atoms with Crippen LogP contribution < -0.4 is 0 Å². The Hall–Kier alpha value is -1.45. The van der Waals surface area contributed by atoms with Crippen LogP contribution in [-0.2, 0) is 11.3 Å². The van der Waals surface area contributed by atoms with Crippen LogP contribution in [-0.4, -0.2) is 28.8 Å². The molecule has 110 valence electrons. The highest BCUT2D eigenvalue weighted by Gasteiger charge is 2.22. The van der Waals surface area contributed by atoms with Crippen molar-refractivity contribution < 1.29 is 4.79 Å². The van der Waals surface area contributed by atoms with Crippen molar-refractivity contribution in [3.8, 4) is 0 Å². The molecule has 1 atom stereocenters. The quantitative estimate of drug-likeness (QED) is 0.639. The summed E-state index contributed by atoms with van der Waals surface area (Å²) in [5.41, 5.74) is 3.10. The first-order chi connectivity index (χ1) is 10.2. The molecule has 21 heavy (non-hydrogen) atoms. The highest BCUT2D eigenvalue weighted by molar-refractivity contribution is 6.30. The number of aryl methyl sites for hydroxylation is 1. The van der Waals surface area contributed by atoms with Gasteiger partial charge in [-0.05, 0) is 44.0 Å². The van der Waals surface area contributed by atoms with Crippen molar-refractivity contribution >= 4 is 28.8 Å². The lowest BCUT2D eigenvalue weighted by Gasteiger charge is -2.32. The zero-order valence-electron chi connectivity index (χ0n) is 12.2. The normalized spacial score (nSPS) is 19.8. The zero-order valence-corrected chi connectivity index (χ0v) is 12.9. The maximum atomic E-state index is 11.2. The van der Waals surface area contributed by atoms with Crippen LogP contribution in [0.4, 0.5) is 0 Å². The van der Waals surface area contributed by atoms with Gasteiger partial charge >= 0.3 is 0 Å². The summed E-state index contributed by atoms with van der Waals surface area (Å²) in [4.78, 5) is 17.9. The molecule has 1 aliphatic rings. The Bertz CT molecular complexity index is 671. The maximum absolute atomic E-state index is 11.2. The number of carbonyl (C=O) groups excluding carboxylic acids is 1. The molecule has 1 fully saturated rings. The largest absolute Gasteiger partial charge is 0.302 e. The number of aldehydes is 1. The monoisotopic (exact) mass is 302 g/mol. The molecule has 3 rings (SSSR count). The van der Waals surface area contributed by atoms with Crippen molar-refractivity contribution in [1.29, 1.82) is 0 Å². The second-order valence-electron chi connectivity index (χ2n) is 5.80.